The zero-order valence-electron chi connectivity index (χ0n) is 10.5. The number of nitrogens with two attached hydrogens (primary N) is 1. The summed E-state index contributed by atoms with van der Waals surface area (Å²) in [6.45, 7) is 4.16. The van der Waals surface area contributed by atoms with Gasteiger partial charge in [0.15, 0.2) is 5.82 Å². The number of nitrogens with zero attached hydrogens (tertiary/aromatic N) is 4. The van der Waals surface area contributed by atoms with Crippen LogP contribution >= 0.6 is 0 Å². The van der Waals surface area contributed by atoms with Crippen LogP contribution in [0.5, 0.6) is 0 Å². The topological polar surface area (TPSA) is 78.9 Å². The van der Waals surface area contributed by atoms with E-state index >= 15 is 0 Å². The smallest absolute Gasteiger partial charge is 0.176 e. The molecule has 1 aromatic rings. The quantitative estimate of drug-likeness (QED) is 0.755. The summed E-state index contributed by atoms with van der Waals surface area (Å²) >= 11 is 0. The van der Waals surface area contributed by atoms with Crippen molar-refractivity contribution in [2.45, 2.75) is 44.8 Å². The first-order valence-electron chi connectivity index (χ1n) is 5.61. The van der Waals surface area contributed by atoms with Gasteiger partial charge in [0.25, 0.3) is 0 Å². The molecule has 2 N–H and O–H groups in total. The largest absolute Gasteiger partial charge is 0.377 e. The number of aryl methyl sites for hydroxylation is 1. The number of rotatable bonds is 6. The van der Waals surface area contributed by atoms with Crippen LogP contribution in [0.2, 0.25) is 0 Å². The molecule has 0 saturated carbocycles. The molecule has 16 heavy (non-hydrogen) atoms. The Morgan fingerprint density at radius 2 is 2.06 bits per heavy atom. The summed E-state index contributed by atoms with van der Waals surface area (Å²) in [7, 11) is 3.45. The number of ether oxygens (including phenoxy) is 1. The Kier molecular flexibility index (Phi) is 4.37. The maximum Gasteiger partial charge on any atom is 0.176 e. The molecule has 0 bridgehead atoms. The molecule has 1 rings (SSSR count). The Bertz CT molecular complexity index is 312. The third-order valence-electron chi connectivity index (χ3n) is 3.23. The van der Waals surface area contributed by atoms with Gasteiger partial charge in [0.05, 0.1) is 12.6 Å². The Balaban J connectivity index is 2.72. The second-order valence-corrected chi connectivity index (χ2v) is 3.98. The lowest BCUT2D eigenvalue weighted by atomic mass is 9.86. The van der Waals surface area contributed by atoms with Crippen LogP contribution < -0.4 is 5.73 Å². The molecule has 6 nitrogen and oxygen atoms in total. The van der Waals surface area contributed by atoms with Crippen LogP contribution in [-0.2, 0) is 18.2 Å². The Morgan fingerprint density at radius 3 is 2.44 bits per heavy atom. The van der Waals surface area contributed by atoms with Crippen molar-refractivity contribution >= 4 is 0 Å². The SMILES string of the molecule is CCC(CC)(OC)C(N)Cc1nnn(C)n1. The van der Waals surface area contributed by atoms with Gasteiger partial charge < -0.3 is 10.5 Å². The van der Waals surface area contributed by atoms with Gasteiger partial charge in [0, 0.05) is 19.6 Å². The van der Waals surface area contributed by atoms with Crippen molar-refractivity contribution in [3.05, 3.63) is 5.82 Å². The summed E-state index contributed by atoms with van der Waals surface area (Å²) in [4.78, 5) is 1.44. The molecular weight excluding hydrogens is 206 g/mol. The maximum absolute atomic E-state index is 6.18. The molecule has 92 valence electrons. The number of aromatic nitrogens is 4. The van der Waals surface area contributed by atoms with Gasteiger partial charge in [-0.3, -0.25) is 0 Å². The predicted octanol–water partition coefficient (Wildman–Crippen LogP) is 0.285. The molecule has 1 heterocycles. The first-order valence-corrected chi connectivity index (χ1v) is 5.61. The van der Waals surface area contributed by atoms with E-state index in [1.807, 2.05) is 0 Å². The Morgan fingerprint density at radius 1 is 1.44 bits per heavy atom. The fourth-order valence-corrected chi connectivity index (χ4v) is 2.00. The molecule has 0 aliphatic carbocycles. The summed E-state index contributed by atoms with van der Waals surface area (Å²) in [5, 5.41) is 11.9. The number of hydrogen-bond donors (Lipinski definition) is 1. The summed E-state index contributed by atoms with van der Waals surface area (Å²) in [6, 6.07) is -0.114. The molecule has 0 aliphatic rings. The lowest BCUT2D eigenvalue weighted by molar-refractivity contribution is -0.0378. The van der Waals surface area contributed by atoms with Gasteiger partial charge in [0.2, 0.25) is 0 Å². The molecule has 1 unspecified atom stereocenters. The molecule has 1 aromatic heterocycles. The van der Waals surface area contributed by atoms with E-state index in [0.717, 1.165) is 12.8 Å². The first-order chi connectivity index (χ1) is 7.57. The lowest BCUT2D eigenvalue weighted by Crippen LogP contribution is -2.50. The molecular formula is C10H21N5O. The fraction of sp³-hybridized carbons (Fsp3) is 0.900. The predicted molar refractivity (Wildman–Crippen MR) is 60.8 cm³/mol. The van der Waals surface area contributed by atoms with Crippen LogP contribution in [0.25, 0.3) is 0 Å². The number of hydrogen-bond acceptors (Lipinski definition) is 5. The molecule has 0 saturated heterocycles. The molecule has 1 atom stereocenters. The van der Waals surface area contributed by atoms with E-state index in [-0.39, 0.29) is 11.6 Å². The van der Waals surface area contributed by atoms with E-state index in [0.29, 0.717) is 12.2 Å². The highest BCUT2D eigenvalue weighted by Crippen LogP contribution is 2.24. The highest BCUT2D eigenvalue weighted by Gasteiger charge is 2.34. The maximum atomic E-state index is 6.18. The van der Waals surface area contributed by atoms with Crippen molar-refractivity contribution in [2.75, 3.05) is 7.11 Å². The van der Waals surface area contributed by atoms with Crippen LogP contribution in [-0.4, -0.2) is 39.0 Å². The third kappa shape index (κ3) is 2.56. The highest BCUT2D eigenvalue weighted by atomic mass is 16.5. The third-order valence-corrected chi connectivity index (χ3v) is 3.23. The van der Waals surface area contributed by atoms with E-state index in [9.17, 15) is 0 Å². The zero-order valence-corrected chi connectivity index (χ0v) is 10.5. The van der Waals surface area contributed by atoms with Crippen molar-refractivity contribution in [3.63, 3.8) is 0 Å². The van der Waals surface area contributed by atoms with Gasteiger partial charge in [-0.2, -0.15) is 4.80 Å². The molecule has 0 amide bonds. The Labute approximate surface area is 96.2 Å². The van der Waals surface area contributed by atoms with Crippen molar-refractivity contribution < 1.29 is 4.74 Å². The number of tetrazole rings is 1. The van der Waals surface area contributed by atoms with Crippen LogP contribution in [0.3, 0.4) is 0 Å². The average molecular weight is 227 g/mol. The van der Waals surface area contributed by atoms with Gasteiger partial charge in [-0.15, -0.1) is 10.2 Å². The molecule has 0 aliphatic heterocycles. The van der Waals surface area contributed by atoms with Crippen molar-refractivity contribution in [3.8, 4) is 0 Å². The van der Waals surface area contributed by atoms with Crippen molar-refractivity contribution in [2.24, 2.45) is 12.8 Å². The second kappa shape index (κ2) is 5.36. The Hall–Kier alpha value is -1.01. The van der Waals surface area contributed by atoms with Crippen molar-refractivity contribution in [1.82, 2.24) is 20.2 Å². The zero-order chi connectivity index (χ0) is 12.2. The van der Waals surface area contributed by atoms with E-state index in [4.69, 9.17) is 10.5 Å². The van der Waals surface area contributed by atoms with Crippen LogP contribution in [0.4, 0.5) is 0 Å². The average Bonchev–Trinajstić information content (AvgIpc) is 2.67. The van der Waals surface area contributed by atoms with Crippen LogP contribution in [0, 0.1) is 0 Å². The van der Waals surface area contributed by atoms with E-state index < -0.39 is 0 Å². The van der Waals surface area contributed by atoms with Gasteiger partial charge >= 0.3 is 0 Å². The molecule has 0 spiro atoms. The summed E-state index contributed by atoms with van der Waals surface area (Å²) < 4.78 is 5.57. The molecule has 0 aromatic carbocycles. The van der Waals surface area contributed by atoms with E-state index in [1.165, 1.54) is 4.80 Å². The molecule has 6 heteroatoms. The minimum Gasteiger partial charge on any atom is -0.377 e. The van der Waals surface area contributed by atoms with Gasteiger partial charge in [-0.25, -0.2) is 0 Å². The molecule has 0 fully saturated rings. The van der Waals surface area contributed by atoms with Gasteiger partial charge in [-0.05, 0) is 18.1 Å². The minimum atomic E-state index is -0.292. The normalized spacial score (nSPS) is 14.1. The van der Waals surface area contributed by atoms with Crippen LogP contribution in [0.1, 0.15) is 32.5 Å². The molecule has 0 radical (unpaired) electrons. The lowest BCUT2D eigenvalue weighted by Gasteiger charge is -2.35. The van der Waals surface area contributed by atoms with E-state index in [1.54, 1.807) is 14.2 Å². The van der Waals surface area contributed by atoms with Gasteiger partial charge in [-0.1, -0.05) is 13.8 Å². The minimum absolute atomic E-state index is 0.114. The van der Waals surface area contributed by atoms with Crippen LogP contribution in [0.15, 0.2) is 0 Å². The monoisotopic (exact) mass is 227 g/mol. The summed E-state index contributed by atoms with van der Waals surface area (Å²) in [6.07, 6.45) is 2.34. The number of methoxy groups -OCH3 is 1. The van der Waals surface area contributed by atoms with Gasteiger partial charge in [0.1, 0.15) is 0 Å². The highest BCUT2D eigenvalue weighted by molar-refractivity contribution is 4.95. The standard InChI is InChI=1S/C10H21N5O/c1-5-10(6-2,16-4)8(11)7-9-12-14-15(3)13-9/h8H,5-7,11H2,1-4H3. The fourth-order valence-electron chi connectivity index (χ4n) is 2.00. The second-order valence-electron chi connectivity index (χ2n) is 3.98. The first kappa shape index (κ1) is 13.1. The van der Waals surface area contributed by atoms with E-state index in [2.05, 4.69) is 29.3 Å². The summed E-state index contributed by atoms with van der Waals surface area (Å²) in [5.41, 5.74) is 5.89. The van der Waals surface area contributed by atoms with Crippen molar-refractivity contribution in [1.29, 1.82) is 0 Å². The summed E-state index contributed by atoms with van der Waals surface area (Å²) in [5.74, 6) is 0.665.